The quantitative estimate of drug-likeness (QED) is 0.452. The molecule has 0 bridgehead atoms. The summed E-state index contributed by atoms with van der Waals surface area (Å²) in [6.45, 7) is 4.24. The van der Waals surface area contributed by atoms with Crippen LogP contribution in [0.15, 0.2) is 38.8 Å². The molecule has 1 aromatic heterocycles. The smallest absolute Gasteiger partial charge is 0.330 e. The molecule has 0 fully saturated rings. The van der Waals surface area contributed by atoms with Crippen LogP contribution in [0.25, 0.3) is 0 Å². The van der Waals surface area contributed by atoms with Crippen LogP contribution < -0.4 is 26.6 Å². The van der Waals surface area contributed by atoms with Gasteiger partial charge in [-0.05, 0) is 44.0 Å². The third kappa shape index (κ3) is 6.06. The first-order valence-electron chi connectivity index (χ1n) is 11.1. The van der Waals surface area contributed by atoms with E-state index in [0.29, 0.717) is 18.7 Å². The van der Waals surface area contributed by atoms with Crippen molar-refractivity contribution < 1.29 is 17.9 Å². The van der Waals surface area contributed by atoms with Crippen molar-refractivity contribution in [2.45, 2.75) is 51.0 Å². The fraction of sp³-hybridized carbons (Fsp3) is 0.500. The maximum Gasteiger partial charge on any atom is 0.330 e. The summed E-state index contributed by atoms with van der Waals surface area (Å²) in [5.74, 6) is 0.0920. The van der Waals surface area contributed by atoms with Crippen LogP contribution in [0.3, 0.4) is 0 Å². The van der Waals surface area contributed by atoms with Crippen LogP contribution in [0.2, 0.25) is 0 Å². The molecule has 0 unspecified atom stereocenters. The van der Waals surface area contributed by atoms with Crippen molar-refractivity contribution in [3.63, 3.8) is 0 Å². The molecule has 0 aliphatic carbocycles. The number of nitrogen functional groups attached to an aromatic ring is 1. The van der Waals surface area contributed by atoms with E-state index < -0.39 is 27.2 Å². The van der Waals surface area contributed by atoms with Gasteiger partial charge >= 0.3 is 5.69 Å². The Hall–Kier alpha value is -3.12. The van der Waals surface area contributed by atoms with Gasteiger partial charge in [-0.1, -0.05) is 13.3 Å². The molecule has 1 aromatic carbocycles. The third-order valence-electron chi connectivity index (χ3n) is 5.47. The Morgan fingerprint density at radius 2 is 1.79 bits per heavy atom. The topological polar surface area (TPSA) is 148 Å². The van der Waals surface area contributed by atoms with E-state index in [2.05, 4.69) is 4.98 Å². The number of amides is 1. The van der Waals surface area contributed by atoms with Crippen LogP contribution in [0.1, 0.15) is 39.5 Å². The summed E-state index contributed by atoms with van der Waals surface area (Å²) in [7, 11) is -0.801. The average molecular weight is 496 g/mol. The van der Waals surface area contributed by atoms with E-state index in [1.165, 1.54) is 40.1 Å². The molecular weight excluding hydrogens is 462 g/mol. The van der Waals surface area contributed by atoms with E-state index in [9.17, 15) is 22.8 Å². The number of aromatic amines is 1. The molecule has 1 amide bonds. The van der Waals surface area contributed by atoms with Crippen molar-refractivity contribution in [3.05, 3.63) is 45.1 Å². The van der Waals surface area contributed by atoms with Gasteiger partial charge < -0.3 is 15.4 Å². The standard InChI is InChI=1S/C22H33N5O6S/c1-5-7-15-27-20(23)19(21(29)24-22(27)30)26(6-2)18(28)9-8-14-25(3)34(31,32)17-12-10-16(33-4)11-13-17/h10-13H,5-9,14-15,23H2,1-4H3,(H,24,29,30). The minimum atomic E-state index is -3.73. The van der Waals surface area contributed by atoms with Gasteiger partial charge in [0.2, 0.25) is 15.9 Å². The molecule has 2 aromatic rings. The number of hydrogen-bond acceptors (Lipinski definition) is 7. The van der Waals surface area contributed by atoms with E-state index in [1.807, 2.05) is 6.92 Å². The van der Waals surface area contributed by atoms with Crippen LogP contribution >= 0.6 is 0 Å². The van der Waals surface area contributed by atoms with Crippen molar-refractivity contribution in [1.82, 2.24) is 13.9 Å². The van der Waals surface area contributed by atoms with E-state index in [1.54, 1.807) is 19.1 Å². The number of aromatic nitrogens is 2. The minimum Gasteiger partial charge on any atom is -0.497 e. The number of nitrogens with two attached hydrogens (primary N) is 1. The molecule has 3 N–H and O–H groups in total. The summed E-state index contributed by atoms with van der Waals surface area (Å²) in [6, 6.07) is 6.03. The normalized spacial score (nSPS) is 11.6. The summed E-state index contributed by atoms with van der Waals surface area (Å²) >= 11 is 0. The Labute approximate surface area is 199 Å². The first kappa shape index (κ1) is 27.1. The van der Waals surface area contributed by atoms with Crippen molar-refractivity contribution in [2.75, 3.05) is 37.9 Å². The maximum absolute atomic E-state index is 12.9. The second kappa shape index (κ2) is 11.8. The number of methoxy groups -OCH3 is 1. The number of rotatable bonds is 12. The second-order valence-corrected chi connectivity index (χ2v) is 9.79. The fourth-order valence-corrected chi connectivity index (χ4v) is 4.68. The highest BCUT2D eigenvalue weighted by atomic mass is 32.2. The van der Waals surface area contributed by atoms with Crippen LogP contribution in [0.5, 0.6) is 5.75 Å². The highest BCUT2D eigenvalue weighted by Crippen LogP contribution is 2.20. The van der Waals surface area contributed by atoms with Crippen molar-refractivity contribution >= 4 is 27.4 Å². The Morgan fingerprint density at radius 3 is 2.35 bits per heavy atom. The molecule has 0 radical (unpaired) electrons. The molecule has 0 atom stereocenters. The molecular formula is C22H33N5O6S. The molecule has 188 valence electrons. The van der Waals surface area contributed by atoms with Crippen LogP contribution in [-0.2, 0) is 21.4 Å². The number of sulfonamides is 1. The van der Waals surface area contributed by atoms with E-state index in [0.717, 1.165) is 6.42 Å². The van der Waals surface area contributed by atoms with Gasteiger partial charge in [-0.15, -0.1) is 0 Å². The number of carbonyl (C=O) groups excluding carboxylic acids is 1. The number of anilines is 2. The molecule has 34 heavy (non-hydrogen) atoms. The number of H-pyrrole nitrogens is 1. The Bertz CT molecular complexity index is 1200. The molecule has 0 aliphatic heterocycles. The lowest BCUT2D eigenvalue weighted by Gasteiger charge is -2.23. The number of unbranched alkanes of at least 4 members (excludes halogenated alkanes) is 1. The zero-order chi connectivity index (χ0) is 25.5. The van der Waals surface area contributed by atoms with Crippen molar-refractivity contribution in [3.8, 4) is 5.75 Å². The number of nitrogens with one attached hydrogen (secondary N) is 1. The Kier molecular flexibility index (Phi) is 9.45. The average Bonchev–Trinajstić information content (AvgIpc) is 2.81. The number of benzene rings is 1. The van der Waals surface area contributed by atoms with Gasteiger partial charge in [0.05, 0.1) is 12.0 Å². The maximum atomic E-state index is 12.9. The van der Waals surface area contributed by atoms with Gasteiger partial charge in [0.15, 0.2) is 5.69 Å². The van der Waals surface area contributed by atoms with Gasteiger partial charge in [0, 0.05) is 33.1 Å². The zero-order valence-corrected chi connectivity index (χ0v) is 20.9. The van der Waals surface area contributed by atoms with Crippen LogP contribution in [-0.4, -0.2) is 55.4 Å². The molecule has 0 saturated heterocycles. The lowest BCUT2D eigenvalue weighted by atomic mass is 10.2. The van der Waals surface area contributed by atoms with Crippen molar-refractivity contribution in [1.29, 1.82) is 0 Å². The summed E-state index contributed by atoms with van der Waals surface area (Å²) in [4.78, 5) is 41.1. The SMILES string of the molecule is CCCCn1c(N)c(N(CC)C(=O)CCCN(C)S(=O)(=O)c2ccc(OC)cc2)c(=O)[nH]c1=O. The number of nitrogens with zero attached hydrogens (tertiary/aromatic N) is 3. The Morgan fingerprint density at radius 1 is 1.15 bits per heavy atom. The zero-order valence-electron chi connectivity index (χ0n) is 20.0. The van der Waals surface area contributed by atoms with Gasteiger partial charge in [-0.2, -0.15) is 0 Å². The van der Waals surface area contributed by atoms with Gasteiger partial charge in [-0.25, -0.2) is 17.5 Å². The predicted molar refractivity (Wildman–Crippen MR) is 131 cm³/mol. The minimum absolute atomic E-state index is 0.0106. The lowest BCUT2D eigenvalue weighted by molar-refractivity contribution is -0.118. The second-order valence-electron chi connectivity index (χ2n) is 7.74. The summed E-state index contributed by atoms with van der Waals surface area (Å²) in [5, 5.41) is 0. The van der Waals surface area contributed by atoms with E-state index >= 15 is 0 Å². The summed E-state index contributed by atoms with van der Waals surface area (Å²) < 4.78 is 33.0. The van der Waals surface area contributed by atoms with Gasteiger partial charge in [0.25, 0.3) is 5.56 Å². The number of carbonyl (C=O) groups is 1. The molecule has 0 spiro atoms. The fourth-order valence-electron chi connectivity index (χ4n) is 3.47. The molecule has 0 saturated carbocycles. The number of ether oxygens (including phenoxy) is 1. The lowest BCUT2D eigenvalue weighted by Crippen LogP contribution is -2.41. The monoisotopic (exact) mass is 495 g/mol. The van der Waals surface area contributed by atoms with Crippen LogP contribution in [0, 0.1) is 0 Å². The van der Waals surface area contributed by atoms with E-state index in [4.69, 9.17) is 10.5 Å². The largest absolute Gasteiger partial charge is 0.497 e. The molecule has 12 heteroatoms. The van der Waals surface area contributed by atoms with Crippen LogP contribution in [0.4, 0.5) is 11.5 Å². The predicted octanol–water partition coefficient (Wildman–Crippen LogP) is 1.38. The Balaban J connectivity index is 2.12. The third-order valence-corrected chi connectivity index (χ3v) is 7.34. The molecule has 2 rings (SSSR count). The van der Waals surface area contributed by atoms with Gasteiger partial charge in [0.1, 0.15) is 11.6 Å². The summed E-state index contributed by atoms with van der Waals surface area (Å²) in [6.07, 6.45) is 1.73. The molecule has 0 aliphatic rings. The van der Waals surface area contributed by atoms with Gasteiger partial charge in [-0.3, -0.25) is 19.1 Å². The summed E-state index contributed by atoms with van der Waals surface area (Å²) in [5.41, 5.74) is 4.70. The molecule has 11 nitrogen and oxygen atoms in total. The highest BCUT2D eigenvalue weighted by Gasteiger charge is 2.24. The first-order chi connectivity index (χ1) is 16.1. The number of hydrogen-bond donors (Lipinski definition) is 2. The van der Waals surface area contributed by atoms with Crippen molar-refractivity contribution in [2.24, 2.45) is 0 Å². The first-order valence-corrected chi connectivity index (χ1v) is 12.6. The van der Waals surface area contributed by atoms with E-state index in [-0.39, 0.29) is 42.3 Å². The highest BCUT2D eigenvalue weighted by molar-refractivity contribution is 7.89. The molecule has 1 heterocycles.